The fraction of sp³-hybridized carbons (Fsp3) is 0.440. The molecule has 1 saturated heterocycles. The van der Waals surface area contributed by atoms with Crippen LogP contribution < -0.4 is 5.32 Å². The molecule has 0 saturated carbocycles. The Hall–Kier alpha value is -2.93. The van der Waals surface area contributed by atoms with Gasteiger partial charge in [-0.05, 0) is 61.9 Å². The number of aryl methyl sites for hydroxylation is 1. The summed E-state index contributed by atoms with van der Waals surface area (Å²) in [7, 11) is 0. The second kappa shape index (κ2) is 10.1. The van der Waals surface area contributed by atoms with Gasteiger partial charge in [-0.15, -0.1) is 0 Å². The summed E-state index contributed by atoms with van der Waals surface area (Å²) in [5, 5.41) is 2.65. The van der Waals surface area contributed by atoms with Gasteiger partial charge in [-0.25, -0.2) is 9.18 Å². The first-order valence-corrected chi connectivity index (χ1v) is 10.9. The first-order chi connectivity index (χ1) is 15.2. The molecule has 0 aromatic heterocycles. The molecule has 2 aromatic carbocycles. The number of hydrogen-bond acceptors (Lipinski definition) is 4. The van der Waals surface area contributed by atoms with Gasteiger partial charge in [0.2, 0.25) is 5.91 Å². The molecule has 1 fully saturated rings. The number of carbonyl (C=O) groups is 2. The van der Waals surface area contributed by atoms with Gasteiger partial charge >= 0.3 is 6.09 Å². The highest BCUT2D eigenvalue weighted by molar-refractivity contribution is 5.88. The molecule has 0 spiro atoms. The maximum Gasteiger partial charge on any atom is 0.412 e. The molecule has 1 aliphatic heterocycles. The fourth-order valence-electron chi connectivity index (χ4n) is 4.16. The average Bonchev–Trinajstić information content (AvgIpc) is 3.04. The molecule has 0 bridgehead atoms. The SMILES string of the molecule is CCc1c(F)cc(NC(C)=O)cc1CC[C@H]1COC(C)(C)N1C(=O)OCc1ccccc1. The molecule has 6 nitrogen and oxygen atoms in total. The van der Waals surface area contributed by atoms with E-state index in [1.54, 1.807) is 4.90 Å². The zero-order chi connectivity index (χ0) is 23.3. The van der Waals surface area contributed by atoms with E-state index in [0.717, 1.165) is 11.1 Å². The molecule has 32 heavy (non-hydrogen) atoms. The Labute approximate surface area is 188 Å². The molecule has 1 aliphatic rings. The van der Waals surface area contributed by atoms with Crippen molar-refractivity contribution >= 4 is 17.7 Å². The van der Waals surface area contributed by atoms with Crippen LogP contribution in [0.4, 0.5) is 14.9 Å². The lowest BCUT2D eigenvalue weighted by Gasteiger charge is -2.33. The third-order valence-corrected chi connectivity index (χ3v) is 5.68. The van der Waals surface area contributed by atoms with E-state index < -0.39 is 11.8 Å². The Morgan fingerprint density at radius 1 is 1.25 bits per heavy atom. The molecule has 0 aliphatic carbocycles. The van der Waals surface area contributed by atoms with Gasteiger partial charge in [0.25, 0.3) is 0 Å². The monoisotopic (exact) mass is 442 g/mol. The molecule has 7 heteroatoms. The van der Waals surface area contributed by atoms with Gasteiger partial charge in [-0.1, -0.05) is 37.3 Å². The molecule has 0 unspecified atom stereocenters. The summed E-state index contributed by atoms with van der Waals surface area (Å²) in [5.41, 5.74) is 1.99. The highest BCUT2D eigenvalue weighted by atomic mass is 19.1. The minimum absolute atomic E-state index is 0.183. The third-order valence-electron chi connectivity index (χ3n) is 5.68. The number of nitrogens with zero attached hydrogens (tertiary/aromatic N) is 1. The summed E-state index contributed by atoms with van der Waals surface area (Å²) >= 11 is 0. The lowest BCUT2D eigenvalue weighted by molar-refractivity contribution is -0.114. The van der Waals surface area contributed by atoms with Gasteiger partial charge in [0.15, 0.2) is 0 Å². The number of carbonyl (C=O) groups excluding carboxylic acids is 2. The van der Waals surface area contributed by atoms with Gasteiger partial charge in [0, 0.05) is 12.6 Å². The van der Waals surface area contributed by atoms with E-state index in [-0.39, 0.29) is 24.4 Å². The summed E-state index contributed by atoms with van der Waals surface area (Å²) in [6.07, 6.45) is 1.23. The van der Waals surface area contributed by atoms with Crippen LogP contribution in [0.3, 0.4) is 0 Å². The van der Waals surface area contributed by atoms with Crippen LogP contribution in [0.2, 0.25) is 0 Å². The molecule has 1 atom stereocenters. The number of amides is 2. The van der Waals surface area contributed by atoms with Crippen LogP contribution in [0.1, 0.15) is 50.8 Å². The predicted octanol–water partition coefficient (Wildman–Crippen LogP) is 5.05. The average molecular weight is 443 g/mol. The molecular formula is C25H31FN2O4. The van der Waals surface area contributed by atoms with E-state index in [2.05, 4.69) is 5.32 Å². The largest absolute Gasteiger partial charge is 0.444 e. The second-order valence-electron chi connectivity index (χ2n) is 8.49. The Kier molecular flexibility index (Phi) is 7.51. The van der Waals surface area contributed by atoms with Crippen molar-refractivity contribution in [3.8, 4) is 0 Å². The summed E-state index contributed by atoms with van der Waals surface area (Å²) in [5.74, 6) is -0.589. The van der Waals surface area contributed by atoms with E-state index in [1.807, 2.05) is 57.2 Å². The number of benzene rings is 2. The van der Waals surface area contributed by atoms with Crippen LogP contribution in [0.5, 0.6) is 0 Å². The molecule has 1 heterocycles. The third kappa shape index (κ3) is 5.65. The van der Waals surface area contributed by atoms with Crippen molar-refractivity contribution in [2.75, 3.05) is 11.9 Å². The van der Waals surface area contributed by atoms with Gasteiger partial charge in [0.05, 0.1) is 12.6 Å². The van der Waals surface area contributed by atoms with E-state index in [1.165, 1.54) is 13.0 Å². The maximum atomic E-state index is 14.6. The highest BCUT2D eigenvalue weighted by Gasteiger charge is 2.44. The van der Waals surface area contributed by atoms with Crippen LogP contribution in [0, 0.1) is 5.82 Å². The second-order valence-corrected chi connectivity index (χ2v) is 8.49. The normalized spacial score (nSPS) is 17.3. The number of ether oxygens (including phenoxy) is 2. The van der Waals surface area contributed by atoms with Crippen molar-refractivity contribution in [1.82, 2.24) is 4.90 Å². The van der Waals surface area contributed by atoms with Crippen molar-refractivity contribution < 1.29 is 23.5 Å². The van der Waals surface area contributed by atoms with Gasteiger partial charge in [0.1, 0.15) is 18.1 Å². The number of halogens is 1. The summed E-state index contributed by atoms with van der Waals surface area (Å²) in [4.78, 5) is 26.0. The number of anilines is 1. The topological polar surface area (TPSA) is 67.9 Å². The number of rotatable bonds is 7. The first-order valence-electron chi connectivity index (χ1n) is 10.9. The van der Waals surface area contributed by atoms with Gasteiger partial charge in [-0.2, -0.15) is 0 Å². The smallest absolute Gasteiger partial charge is 0.412 e. The molecular weight excluding hydrogens is 411 g/mol. The Morgan fingerprint density at radius 2 is 1.97 bits per heavy atom. The van der Waals surface area contributed by atoms with Crippen molar-refractivity contribution in [1.29, 1.82) is 0 Å². The first kappa shape index (κ1) is 23.7. The predicted molar refractivity (Wildman–Crippen MR) is 121 cm³/mol. The maximum absolute atomic E-state index is 14.6. The standard InChI is InChI=1S/C25H31FN2O4/c1-5-22-19(13-20(14-23(22)26)27-17(2)29)11-12-21-16-32-25(3,4)28(21)24(30)31-15-18-9-7-6-8-10-18/h6-10,13-14,21H,5,11-12,15-16H2,1-4H3,(H,27,29)/t21-/m0/s1. The molecule has 3 rings (SSSR count). The van der Waals surface area contributed by atoms with E-state index in [0.29, 0.717) is 37.1 Å². The molecule has 2 amide bonds. The Morgan fingerprint density at radius 3 is 2.62 bits per heavy atom. The lowest BCUT2D eigenvalue weighted by Crippen LogP contribution is -2.48. The lowest BCUT2D eigenvalue weighted by atomic mass is 9.97. The summed E-state index contributed by atoms with van der Waals surface area (Å²) in [6.45, 7) is 7.53. The Bertz CT molecular complexity index is 962. The van der Waals surface area contributed by atoms with Gasteiger partial charge in [-0.3, -0.25) is 9.69 Å². The molecule has 0 radical (unpaired) electrons. The fourth-order valence-corrected chi connectivity index (χ4v) is 4.16. The quantitative estimate of drug-likeness (QED) is 0.651. The highest BCUT2D eigenvalue weighted by Crippen LogP contribution is 2.31. The van der Waals surface area contributed by atoms with E-state index >= 15 is 0 Å². The van der Waals surface area contributed by atoms with E-state index in [9.17, 15) is 14.0 Å². The summed E-state index contributed by atoms with van der Waals surface area (Å²) in [6, 6.07) is 12.5. The number of nitrogens with one attached hydrogen (secondary N) is 1. The van der Waals surface area contributed by atoms with Crippen molar-refractivity contribution in [2.24, 2.45) is 0 Å². The molecule has 2 aromatic rings. The Balaban J connectivity index is 1.72. The molecule has 172 valence electrons. The summed E-state index contributed by atoms with van der Waals surface area (Å²) < 4.78 is 26.0. The zero-order valence-corrected chi connectivity index (χ0v) is 19.1. The number of hydrogen-bond donors (Lipinski definition) is 1. The van der Waals surface area contributed by atoms with Crippen LogP contribution in [-0.2, 0) is 33.7 Å². The van der Waals surface area contributed by atoms with Crippen molar-refractivity contribution in [3.63, 3.8) is 0 Å². The van der Waals surface area contributed by atoms with Crippen LogP contribution in [-0.4, -0.2) is 35.3 Å². The van der Waals surface area contributed by atoms with Crippen molar-refractivity contribution in [3.05, 3.63) is 65.0 Å². The minimum atomic E-state index is -0.796. The van der Waals surface area contributed by atoms with Crippen molar-refractivity contribution in [2.45, 2.75) is 65.3 Å². The zero-order valence-electron chi connectivity index (χ0n) is 19.1. The van der Waals surface area contributed by atoms with E-state index in [4.69, 9.17) is 9.47 Å². The van der Waals surface area contributed by atoms with Crippen LogP contribution in [0.15, 0.2) is 42.5 Å². The van der Waals surface area contributed by atoms with Crippen LogP contribution in [0.25, 0.3) is 0 Å². The molecule has 1 N–H and O–H groups in total. The minimum Gasteiger partial charge on any atom is -0.444 e. The van der Waals surface area contributed by atoms with Crippen LogP contribution >= 0.6 is 0 Å². The van der Waals surface area contributed by atoms with Gasteiger partial charge < -0.3 is 14.8 Å².